The van der Waals surface area contributed by atoms with E-state index in [1.165, 1.54) is 0 Å². The second kappa shape index (κ2) is 7.37. The van der Waals surface area contributed by atoms with Crippen molar-refractivity contribution in [2.75, 3.05) is 6.54 Å². The molecule has 0 saturated carbocycles. The Balaban J connectivity index is 1.57. The highest BCUT2D eigenvalue weighted by atomic mass is 16.5. The lowest BCUT2D eigenvalue weighted by atomic mass is 10.2. The number of nitrogens with zero attached hydrogens (tertiary/aromatic N) is 5. The van der Waals surface area contributed by atoms with Gasteiger partial charge < -0.3 is 9.42 Å². The summed E-state index contributed by atoms with van der Waals surface area (Å²) in [7, 11) is 0. The lowest BCUT2D eigenvalue weighted by molar-refractivity contribution is -0.132. The number of carbonyl (C=O) groups excluding carboxylic acids is 1. The van der Waals surface area contributed by atoms with Gasteiger partial charge in [0.15, 0.2) is 5.82 Å². The van der Waals surface area contributed by atoms with Gasteiger partial charge in [-0.05, 0) is 32.8 Å². The first-order chi connectivity index (χ1) is 11.9. The smallest absolute Gasteiger partial charge is 0.227 e. The minimum Gasteiger partial charge on any atom is -0.339 e. The van der Waals surface area contributed by atoms with Crippen LogP contribution in [0.3, 0.4) is 0 Å². The van der Waals surface area contributed by atoms with Gasteiger partial charge in [-0.2, -0.15) is 10.1 Å². The molecule has 2 aromatic heterocycles. The van der Waals surface area contributed by atoms with Crippen LogP contribution in [0.15, 0.2) is 10.6 Å². The average Bonchev–Trinajstić information content (AvgIpc) is 3.26. The highest BCUT2D eigenvalue weighted by Crippen LogP contribution is 2.21. The van der Waals surface area contributed by atoms with Crippen LogP contribution in [0.25, 0.3) is 0 Å². The molecule has 3 rings (SSSR count). The van der Waals surface area contributed by atoms with Gasteiger partial charge >= 0.3 is 0 Å². The van der Waals surface area contributed by atoms with Gasteiger partial charge in [-0.15, -0.1) is 0 Å². The van der Waals surface area contributed by atoms with Crippen LogP contribution < -0.4 is 0 Å². The standard InChI is InChI=1S/C18H27N5O2/c1-12(2)18-19-16(25-21-18)7-8-17(24)22-9-5-6-15(22)11-23-14(4)10-13(3)20-23/h10,12,15H,5-9,11H2,1-4H3/t15-/m1/s1. The van der Waals surface area contributed by atoms with Crippen molar-refractivity contribution in [1.82, 2.24) is 24.8 Å². The van der Waals surface area contributed by atoms with E-state index in [1.807, 2.05) is 30.4 Å². The summed E-state index contributed by atoms with van der Waals surface area (Å²) in [5.74, 6) is 1.64. The van der Waals surface area contributed by atoms with Gasteiger partial charge in [0.2, 0.25) is 11.8 Å². The second-order valence-electron chi connectivity index (χ2n) is 7.19. The summed E-state index contributed by atoms with van der Waals surface area (Å²) in [6, 6.07) is 2.29. The molecular weight excluding hydrogens is 318 g/mol. The molecule has 7 heteroatoms. The molecule has 0 unspecified atom stereocenters. The number of amides is 1. The molecule has 0 N–H and O–H groups in total. The minimum atomic E-state index is 0.160. The van der Waals surface area contributed by atoms with Gasteiger partial charge in [-0.25, -0.2) is 0 Å². The van der Waals surface area contributed by atoms with Crippen molar-refractivity contribution in [3.05, 3.63) is 29.2 Å². The van der Waals surface area contributed by atoms with Crippen molar-refractivity contribution in [3.63, 3.8) is 0 Å². The van der Waals surface area contributed by atoms with Gasteiger partial charge in [0.05, 0.1) is 18.3 Å². The van der Waals surface area contributed by atoms with Crippen LogP contribution in [-0.2, 0) is 17.8 Å². The van der Waals surface area contributed by atoms with E-state index in [2.05, 4.69) is 28.2 Å². The molecule has 1 saturated heterocycles. The molecule has 0 bridgehead atoms. The Hall–Kier alpha value is -2.18. The Morgan fingerprint density at radius 2 is 2.20 bits per heavy atom. The number of rotatable bonds is 6. The summed E-state index contributed by atoms with van der Waals surface area (Å²) in [4.78, 5) is 19.0. The fourth-order valence-electron chi connectivity index (χ4n) is 3.37. The van der Waals surface area contributed by atoms with Crippen molar-refractivity contribution < 1.29 is 9.32 Å². The van der Waals surface area contributed by atoms with Crippen molar-refractivity contribution in [1.29, 1.82) is 0 Å². The number of likely N-dealkylation sites (tertiary alicyclic amines) is 1. The van der Waals surface area contributed by atoms with E-state index < -0.39 is 0 Å². The quantitative estimate of drug-likeness (QED) is 0.804. The number of aryl methyl sites for hydroxylation is 3. The first kappa shape index (κ1) is 17.6. The third-order valence-electron chi connectivity index (χ3n) is 4.74. The monoisotopic (exact) mass is 345 g/mol. The van der Waals surface area contributed by atoms with Gasteiger partial charge in [-0.1, -0.05) is 19.0 Å². The third kappa shape index (κ3) is 4.08. The molecular formula is C18H27N5O2. The Morgan fingerprint density at radius 3 is 2.84 bits per heavy atom. The Kier molecular flexibility index (Phi) is 5.20. The number of aromatic nitrogens is 4. The number of hydrogen-bond acceptors (Lipinski definition) is 5. The SMILES string of the molecule is Cc1cc(C)n(C[C@H]2CCCN2C(=O)CCc2nc(C(C)C)no2)n1. The van der Waals surface area contributed by atoms with Crippen LogP contribution in [0.4, 0.5) is 0 Å². The maximum Gasteiger partial charge on any atom is 0.227 e. The molecule has 0 spiro atoms. The van der Waals surface area contributed by atoms with Crippen molar-refractivity contribution in [2.45, 2.75) is 71.9 Å². The van der Waals surface area contributed by atoms with E-state index in [0.29, 0.717) is 24.6 Å². The Labute approximate surface area is 148 Å². The van der Waals surface area contributed by atoms with Gasteiger partial charge in [0, 0.05) is 31.0 Å². The van der Waals surface area contributed by atoms with Crippen LogP contribution in [0.5, 0.6) is 0 Å². The van der Waals surface area contributed by atoms with E-state index in [0.717, 1.165) is 37.3 Å². The van der Waals surface area contributed by atoms with E-state index in [1.54, 1.807) is 0 Å². The third-order valence-corrected chi connectivity index (χ3v) is 4.74. The molecule has 1 atom stereocenters. The molecule has 1 aliphatic rings. The zero-order valence-corrected chi connectivity index (χ0v) is 15.5. The Morgan fingerprint density at radius 1 is 1.40 bits per heavy atom. The largest absolute Gasteiger partial charge is 0.339 e. The van der Waals surface area contributed by atoms with Gasteiger partial charge in [0.25, 0.3) is 0 Å². The molecule has 1 amide bonds. The molecule has 1 fully saturated rings. The van der Waals surface area contributed by atoms with Crippen LogP contribution in [0.2, 0.25) is 0 Å². The second-order valence-corrected chi connectivity index (χ2v) is 7.19. The maximum atomic E-state index is 12.7. The topological polar surface area (TPSA) is 77.0 Å². The van der Waals surface area contributed by atoms with E-state index in [9.17, 15) is 4.79 Å². The summed E-state index contributed by atoms with van der Waals surface area (Å²) < 4.78 is 7.25. The average molecular weight is 345 g/mol. The summed E-state index contributed by atoms with van der Waals surface area (Å²) in [6.45, 7) is 9.69. The fraction of sp³-hybridized carbons (Fsp3) is 0.667. The molecule has 136 valence electrons. The predicted molar refractivity (Wildman–Crippen MR) is 93.1 cm³/mol. The highest BCUT2D eigenvalue weighted by molar-refractivity contribution is 5.77. The predicted octanol–water partition coefficient (Wildman–Crippen LogP) is 2.63. The minimum absolute atomic E-state index is 0.160. The van der Waals surface area contributed by atoms with Crippen molar-refractivity contribution >= 4 is 5.91 Å². The van der Waals surface area contributed by atoms with E-state index in [4.69, 9.17) is 4.52 Å². The van der Waals surface area contributed by atoms with Crippen molar-refractivity contribution in [3.8, 4) is 0 Å². The van der Waals surface area contributed by atoms with Crippen molar-refractivity contribution in [2.24, 2.45) is 0 Å². The molecule has 3 heterocycles. The normalized spacial score (nSPS) is 17.6. The first-order valence-electron chi connectivity index (χ1n) is 9.07. The summed E-state index contributed by atoms with van der Waals surface area (Å²) >= 11 is 0. The maximum absolute atomic E-state index is 12.7. The lowest BCUT2D eigenvalue weighted by Crippen LogP contribution is -2.38. The van der Waals surface area contributed by atoms with E-state index >= 15 is 0 Å². The molecule has 0 aromatic carbocycles. The van der Waals surface area contributed by atoms with Crippen LogP contribution >= 0.6 is 0 Å². The number of hydrogen-bond donors (Lipinski definition) is 0. The fourth-order valence-corrected chi connectivity index (χ4v) is 3.37. The summed E-state index contributed by atoms with van der Waals surface area (Å²) in [5.41, 5.74) is 2.16. The summed E-state index contributed by atoms with van der Waals surface area (Å²) in [6.07, 6.45) is 2.99. The van der Waals surface area contributed by atoms with Crippen LogP contribution in [0, 0.1) is 13.8 Å². The van der Waals surface area contributed by atoms with Crippen LogP contribution in [-0.4, -0.2) is 43.3 Å². The van der Waals surface area contributed by atoms with Gasteiger partial charge in [-0.3, -0.25) is 9.48 Å². The molecule has 2 aromatic rings. The molecule has 1 aliphatic heterocycles. The first-order valence-corrected chi connectivity index (χ1v) is 9.07. The molecule has 7 nitrogen and oxygen atoms in total. The molecule has 25 heavy (non-hydrogen) atoms. The summed E-state index contributed by atoms with van der Waals surface area (Å²) in [5, 5.41) is 8.48. The van der Waals surface area contributed by atoms with Gasteiger partial charge in [0.1, 0.15) is 0 Å². The highest BCUT2D eigenvalue weighted by Gasteiger charge is 2.29. The zero-order chi connectivity index (χ0) is 18.0. The zero-order valence-electron chi connectivity index (χ0n) is 15.5. The molecule has 0 radical (unpaired) electrons. The number of carbonyl (C=O) groups is 1. The Bertz CT molecular complexity index is 734. The molecule has 0 aliphatic carbocycles. The van der Waals surface area contributed by atoms with Crippen LogP contribution in [0.1, 0.15) is 62.1 Å². The van der Waals surface area contributed by atoms with E-state index in [-0.39, 0.29) is 17.9 Å². The lowest BCUT2D eigenvalue weighted by Gasteiger charge is -2.25.